The number of carbonyl (C=O) groups excluding carboxylic acids is 2. The van der Waals surface area contributed by atoms with Crippen LogP contribution < -0.4 is 0 Å². The van der Waals surface area contributed by atoms with E-state index in [2.05, 4.69) is 0 Å². The number of hydrogen-bond acceptors (Lipinski definition) is 2. The molecule has 0 aromatic heterocycles. The Morgan fingerprint density at radius 1 is 1.04 bits per heavy atom. The van der Waals surface area contributed by atoms with Gasteiger partial charge in [0.05, 0.1) is 11.1 Å². The van der Waals surface area contributed by atoms with E-state index in [1.54, 1.807) is 4.90 Å². The molecule has 1 aromatic rings. The lowest BCUT2D eigenvalue weighted by Gasteiger charge is -2.23. The van der Waals surface area contributed by atoms with E-state index >= 15 is 0 Å². The summed E-state index contributed by atoms with van der Waals surface area (Å²) < 4.78 is 39.4. The largest absolute Gasteiger partial charge is 0.417 e. The summed E-state index contributed by atoms with van der Waals surface area (Å²) in [6, 6.07) is 4.84. The minimum Gasteiger partial charge on any atom is -0.341 e. The molecule has 1 fully saturated rings. The van der Waals surface area contributed by atoms with Crippen LogP contribution in [0.5, 0.6) is 0 Å². The predicted molar refractivity (Wildman–Crippen MR) is 88.1 cm³/mol. The summed E-state index contributed by atoms with van der Waals surface area (Å²) in [5.41, 5.74) is -1.25. The van der Waals surface area contributed by atoms with Gasteiger partial charge in [-0.1, -0.05) is 25.5 Å². The van der Waals surface area contributed by atoms with Gasteiger partial charge in [0, 0.05) is 32.6 Å². The van der Waals surface area contributed by atoms with Crippen molar-refractivity contribution in [2.24, 2.45) is 0 Å². The number of rotatable bonds is 4. The lowest BCUT2D eigenvalue weighted by molar-refractivity contribution is -0.138. The second-order valence-electron chi connectivity index (χ2n) is 6.17. The molecule has 4 nitrogen and oxygen atoms in total. The minimum absolute atomic E-state index is 0.0480. The van der Waals surface area contributed by atoms with Crippen molar-refractivity contribution in [2.45, 2.75) is 38.8 Å². The highest BCUT2D eigenvalue weighted by Crippen LogP contribution is 2.32. The van der Waals surface area contributed by atoms with Gasteiger partial charge in [-0.2, -0.15) is 13.2 Å². The van der Waals surface area contributed by atoms with E-state index in [0.29, 0.717) is 32.5 Å². The van der Waals surface area contributed by atoms with Gasteiger partial charge in [-0.05, 0) is 25.0 Å². The molecular formula is C18H23F3N2O2. The highest BCUT2D eigenvalue weighted by atomic mass is 19.4. The van der Waals surface area contributed by atoms with E-state index < -0.39 is 17.6 Å². The Morgan fingerprint density at radius 2 is 1.68 bits per heavy atom. The number of nitrogens with zero attached hydrogens (tertiary/aromatic N) is 2. The van der Waals surface area contributed by atoms with Gasteiger partial charge in [0.1, 0.15) is 0 Å². The molecule has 0 aliphatic carbocycles. The quantitative estimate of drug-likeness (QED) is 0.828. The van der Waals surface area contributed by atoms with Crippen LogP contribution in [0.4, 0.5) is 13.2 Å². The van der Waals surface area contributed by atoms with Gasteiger partial charge in [0.15, 0.2) is 0 Å². The highest BCUT2D eigenvalue weighted by Gasteiger charge is 2.36. The third kappa shape index (κ3) is 4.96. The van der Waals surface area contributed by atoms with E-state index in [0.717, 1.165) is 18.9 Å². The number of amides is 2. The SMILES string of the molecule is CCCCC(=O)N1CCCN(C(=O)c2ccccc2C(F)(F)F)CC1. The van der Waals surface area contributed by atoms with Crippen LogP contribution >= 0.6 is 0 Å². The van der Waals surface area contributed by atoms with Crippen molar-refractivity contribution >= 4 is 11.8 Å². The second-order valence-corrected chi connectivity index (χ2v) is 6.17. The molecule has 1 heterocycles. The van der Waals surface area contributed by atoms with Crippen LogP contribution in [0.2, 0.25) is 0 Å². The van der Waals surface area contributed by atoms with Gasteiger partial charge in [0.2, 0.25) is 5.91 Å². The number of benzene rings is 1. The lowest BCUT2D eigenvalue weighted by atomic mass is 10.1. The maximum atomic E-state index is 13.1. The molecule has 25 heavy (non-hydrogen) atoms. The Bertz CT molecular complexity index is 617. The Morgan fingerprint density at radius 3 is 2.36 bits per heavy atom. The van der Waals surface area contributed by atoms with Gasteiger partial charge in [0.25, 0.3) is 5.91 Å². The zero-order chi connectivity index (χ0) is 18.4. The molecule has 0 unspecified atom stereocenters. The zero-order valence-electron chi connectivity index (χ0n) is 14.3. The van der Waals surface area contributed by atoms with Gasteiger partial charge >= 0.3 is 6.18 Å². The molecule has 0 radical (unpaired) electrons. The first-order valence-electron chi connectivity index (χ1n) is 8.58. The predicted octanol–water partition coefficient (Wildman–Crippen LogP) is 3.57. The van der Waals surface area contributed by atoms with Crippen LogP contribution in [0.1, 0.15) is 48.5 Å². The fraction of sp³-hybridized carbons (Fsp3) is 0.556. The van der Waals surface area contributed by atoms with Crippen molar-refractivity contribution in [2.75, 3.05) is 26.2 Å². The summed E-state index contributed by atoms with van der Waals surface area (Å²) in [6.07, 6.45) is -1.78. The number of unbranched alkanes of at least 4 members (excludes halogenated alkanes) is 1. The molecule has 1 aliphatic heterocycles. The monoisotopic (exact) mass is 356 g/mol. The number of hydrogen-bond donors (Lipinski definition) is 0. The van der Waals surface area contributed by atoms with Gasteiger partial charge < -0.3 is 9.80 Å². The van der Waals surface area contributed by atoms with E-state index in [4.69, 9.17) is 0 Å². The molecule has 1 aromatic carbocycles. The van der Waals surface area contributed by atoms with Crippen molar-refractivity contribution in [1.29, 1.82) is 0 Å². The summed E-state index contributed by atoms with van der Waals surface area (Å²) in [5.74, 6) is -0.581. The summed E-state index contributed by atoms with van der Waals surface area (Å²) in [6.45, 7) is 3.51. The lowest BCUT2D eigenvalue weighted by Crippen LogP contribution is -2.37. The molecule has 2 rings (SSSR count). The summed E-state index contributed by atoms with van der Waals surface area (Å²) in [4.78, 5) is 27.8. The molecule has 0 N–H and O–H groups in total. The fourth-order valence-corrected chi connectivity index (χ4v) is 2.94. The topological polar surface area (TPSA) is 40.6 Å². The van der Waals surface area contributed by atoms with Gasteiger partial charge in [-0.15, -0.1) is 0 Å². The van der Waals surface area contributed by atoms with Gasteiger partial charge in [-0.3, -0.25) is 9.59 Å². The zero-order valence-corrected chi connectivity index (χ0v) is 14.3. The first-order valence-corrected chi connectivity index (χ1v) is 8.58. The molecule has 0 bridgehead atoms. The van der Waals surface area contributed by atoms with Crippen molar-refractivity contribution in [3.8, 4) is 0 Å². The highest BCUT2D eigenvalue weighted by molar-refractivity contribution is 5.96. The second kappa shape index (κ2) is 8.36. The van der Waals surface area contributed by atoms with E-state index in [9.17, 15) is 22.8 Å². The average Bonchev–Trinajstić information content (AvgIpc) is 2.84. The van der Waals surface area contributed by atoms with Crippen LogP contribution in [-0.4, -0.2) is 47.8 Å². The Labute approximate surface area is 145 Å². The smallest absolute Gasteiger partial charge is 0.341 e. The molecule has 0 atom stereocenters. The third-order valence-corrected chi connectivity index (χ3v) is 4.34. The Hall–Kier alpha value is -2.05. The fourth-order valence-electron chi connectivity index (χ4n) is 2.94. The molecular weight excluding hydrogens is 333 g/mol. The summed E-state index contributed by atoms with van der Waals surface area (Å²) in [7, 11) is 0. The number of carbonyl (C=O) groups is 2. The molecule has 1 saturated heterocycles. The Balaban J connectivity index is 2.08. The number of alkyl halides is 3. The molecule has 1 aliphatic rings. The maximum Gasteiger partial charge on any atom is 0.417 e. The minimum atomic E-state index is -4.57. The van der Waals surface area contributed by atoms with Crippen molar-refractivity contribution in [3.05, 3.63) is 35.4 Å². The van der Waals surface area contributed by atoms with Crippen LogP contribution in [-0.2, 0) is 11.0 Å². The van der Waals surface area contributed by atoms with E-state index in [-0.39, 0.29) is 18.0 Å². The van der Waals surface area contributed by atoms with Gasteiger partial charge in [-0.25, -0.2) is 0 Å². The third-order valence-electron chi connectivity index (χ3n) is 4.34. The van der Waals surface area contributed by atoms with Crippen molar-refractivity contribution < 1.29 is 22.8 Å². The normalized spacial score (nSPS) is 15.8. The van der Waals surface area contributed by atoms with Crippen molar-refractivity contribution in [3.63, 3.8) is 0 Å². The first kappa shape index (κ1) is 19.3. The number of halogens is 3. The molecule has 138 valence electrons. The van der Waals surface area contributed by atoms with Crippen LogP contribution in [0.3, 0.4) is 0 Å². The molecule has 7 heteroatoms. The Kier molecular flexibility index (Phi) is 6.45. The maximum absolute atomic E-state index is 13.1. The average molecular weight is 356 g/mol. The van der Waals surface area contributed by atoms with E-state index in [1.807, 2.05) is 6.92 Å². The van der Waals surface area contributed by atoms with Crippen LogP contribution in [0, 0.1) is 0 Å². The summed E-state index contributed by atoms with van der Waals surface area (Å²) in [5, 5.41) is 0. The standard InChI is InChI=1S/C18H23F3N2O2/c1-2-3-9-16(24)22-10-6-11-23(13-12-22)17(25)14-7-4-5-8-15(14)18(19,20)21/h4-5,7-8H,2-3,6,9-13H2,1H3. The molecule has 0 spiro atoms. The molecule has 2 amide bonds. The summed E-state index contributed by atoms with van der Waals surface area (Å²) >= 11 is 0. The van der Waals surface area contributed by atoms with E-state index in [1.165, 1.54) is 23.1 Å². The van der Waals surface area contributed by atoms with Crippen molar-refractivity contribution in [1.82, 2.24) is 9.80 Å². The van der Waals surface area contributed by atoms with Crippen LogP contribution in [0.15, 0.2) is 24.3 Å². The molecule has 0 saturated carbocycles. The first-order chi connectivity index (χ1) is 11.8. The van der Waals surface area contributed by atoms with Crippen LogP contribution in [0.25, 0.3) is 0 Å².